The number of hydrogen-bond acceptors (Lipinski definition) is 3. The number of likely N-dealkylation sites (tertiary alicyclic amines) is 1. The second kappa shape index (κ2) is 5.78. The van der Waals surface area contributed by atoms with Crippen LogP contribution in [-0.4, -0.2) is 43.1 Å². The lowest BCUT2D eigenvalue weighted by Gasteiger charge is -2.25. The molecule has 0 aromatic carbocycles. The minimum absolute atomic E-state index is 0.0817. The number of H-pyrrole nitrogens is 1. The summed E-state index contributed by atoms with van der Waals surface area (Å²) in [7, 11) is 0. The maximum Gasteiger partial charge on any atom is 0.256 e. The molecule has 4 heterocycles. The highest BCUT2D eigenvalue weighted by atomic mass is 16.2. The van der Waals surface area contributed by atoms with Gasteiger partial charge >= 0.3 is 0 Å². The van der Waals surface area contributed by atoms with E-state index in [1.54, 1.807) is 12.4 Å². The second-order valence-electron chi connectivity index (χ2n) is 6.51. The van der Waals surface area contributed by atoms with Gasteiger partial charge in [-0.15, -0.1) is 0 Å². The lowest BCUT2D eigenvalue weighted by Crippen LogP contribution is -2.38. The van der Waals surface area contributed by atoms with E-state index in [1.165, 1.54) is 0 Å². The van der Waals surface area contributed by atoms with Crippen molar-refractivity contribution in [1.29, 1.82) is 0 Å². The van der Waals surface area contributed by atoms with Gasteiger partial charge in [0.05, 0.1) is 23.8 Å². The van der Waals surface area contributed by atoms with Gasteiger partial charge in [-0.2, -0.15) is 5.10 Å². The van der Waals surface area contributed by atoms with Crippen LogP contribution in [0.25, 0.3) is 11.0 Å². The number of nitrogens with one attached hydrogen (secondary N) is 1. The van der Waals surface area contributed by atoms with E-state index in [9.17, 15) is 4.79 Å². The molecular formula is C18H21N5O. The largest absolute Gasteiger partial charge is 0.345 e. The monoisotopic (exact) mass is 323 g/mol. The number of rotatable bonds is 3. The van der Waals surface area contributed by atoms with E-state index in [0.717, 1.165) is 48.4 Å². The molecule has 1 N–H and O–H groups in total. The SMILES string of the molecule is Cc1cc(C)n(C[C@@H]2CCCN2C(=O)c2c[nH]c3ncccc23)n1. The summed E-state index contributed by atoms with van der Waals surface area (Å²) < 4.78 is 2.02. The Morgan fingerprint density at radius 2 is 2.29 bits per heavy atom. The molecule has 3 aromatic rings. The van der Waals surface area contributed by atoms with Crippen LogP contribution < -0.4 is 0 Å². The lowest BCUT2D eigenvalue weighted by molar-refractivity contribution is 0.0723. The highest BCUT2D eigenvalue weighted by Gasteiger charge is 2.31. The summed E-state index contributed by atoms with van der Waals surface area (Å²) in [5.41, 5.74) is 3.63. The zero-order chi connectivity index (χ0) is 16.7. The number of aromatic amines is 1. The van der Waals surface area contributed by atoms with Gasteiger partial charge in [-0.3, -0.25) is 9.48 Å². The van der Waals surface area contributed by atoms with Gasteiger partial charge in [0.25, 0.3) is 5.91 Å². The Kier molecular flexibility index (Phi) is 3.59. The van der Waals surface area contributed by atoms with Crippen molar-refractivity contribution in [3.63, 3.8) is 0 Å². The second-order valence-corrected chi connectivity index (χ2v) is 6.51. The van der Waals surface area contributed by atoms with Gasteiger partial charge in [0, 0.05) is 30.0 Å². The van der Waals surface area contributed by atoms with Gasteiger partial charge in [0.2, 0.25) is 0 Å². The molecule has 3 aromatic heterocycles. The van der Waals surface area contributed by atoms with Gasteiger partial charge in [0.15, 0.2) is 0 Å². The number of aryl methyl sites for hydroxylation is 2. The average Bonchev–Trinajstić information content (AvgIpc) is 3.26. The van der Waals surface area contributed by atoms with Crippen LogP contribution >= 0.6 is 0 Å². The lowest BCUT2D eigenvalue weighted by atomic mass is 10.1. The Labute approximate surface area is 140 Å². The van der Waals surface area contributed by atoms with Crippen LogP contribution in [0.3, 0.4) is 0 Å². The van der Waals surface area contributed by atoms with Crippen molar-refractivity contribution in [1.82, 2.24) is 24.6 Å². The molecule has 0 radical (unpaired) electrons. The van der Waals surface area contributed by atoms with E-state index in [0.29, 0.717) is 5.56 Å². The maximum atomic E-state index is 13.1. The fourth-order valence-electron chi connectivity index (χ4n) is 3.64. The predicted molar refractivity (Wildman–Crippen MR) is 91.9 cm³/mol. The van der Waals surface area contributed by atoms with Crippen molar-refractivity contribution >= 4 is 16.9 Å². The first-order valence-electron chi connectivity index (χ1n) is 8.37. The molecule has 6 heteroatoms. The third-order valence-corrected chi connectivity index (χ3v) is 4.81. The fraction of sp³-hybridized carbons (Fsp3) is 0.389. The molecule has 1 saturated heterocycles. The fourth-order valence-corrected chi connectivity index (χ4v) is 3.64. The Balaban J connectivity index is 1.60. The third kappa shape index (κ3) is 2.48. The third-order valence-electron chi connectivity index (χ3n) is 4.81. The standard InChI is InChI=1S/C18H21N5O/c1-12-9-13(2)23(21-12)11-14-5-4-8-22(14)18(24)16-10-20-17-15(16)6-3-7-19-17/h3,6-7,9-10,14H,4-5,8,11H2,1-2H3,(H,19,20)/t14-/m0/s1. The normalized spacial score (nSPS) is 17.8. The number of fused-ring (bicyclic) bond motifs is 1. The van der Waals surface area contributed by atoms with Crippen LogP contribution in [0.4, 0.5) is 0 Å². The van der Waals surface area contributed by atoms with Crippen molar-refractivity contribution in [2.45, 2.75) is 39.3 Å². The maximum absolute atomic E-state index is 13.1. The molecule has 6 nitrogen and oxygen atoms in total. The summed E-state index contributed by atoms with van der Waals surface area (Å²) in [6, 6.07) is 6.08. The number of carbonyl (C=O) groups excluding carboxylic acids is 1. The van der Waals surface area contributed by atoms with Crippen LogP contribution in [0.1, 0.15) is 34.6 Å². The molecule has 0 unspecified atom stereocenters. The number of hydrogen-bond donors (Lipinski definition) is 1. The molecule has 124 valence electrons. The van der Waals surface area contributed by atoms with Crippen molar-refractivity contribution < 1.29 is 4.79 Å². The van der Waals surface area contributed by atoms with Gasteiger partial charge in [-0.25, -0.2) is 4.98 Å². The summed E-state index contributed by atoms with van der Waals surface area (Å²) in [5, 5.41) is 5.43. The highest BCUT2D eigenvalue weighted by molar-refractivity contribution is 6.06. The number of amides is 1. The molecule has 1 amide bonds. The van der Waals surface area contributed by atoms with Gasteiger partial charge in [0.1, 0.15) is 5.65 Å². The molecule has 24 heavy (non-hydrogen) atoms. The minimum atomic E-state index is 0.0817. The Bertz CT molecular complexity index is 894. The molecule has 0 spiro atoms. The summed E-state index contributed by atoms with van der Waals surface area (Å²) >= 11 is 0. The average molecular weight is 323 g/mol. The smallest absolute Gasteiger partial charge is 0.256 e. The van der Waals surface area contributed by atoms with Crippen LogP contribution in [0.5, 0.6) is 0 Å². The summed E-state index contributed by atoms with van der Waals surface area (Å²) in [6.45, 7) is 5.62. The summed E-state index contributed by atoms with van der Waals surface area (Å²) in [6.07, 6.45) is 5.56. The first kappa shape index (κ1) is 14.9. The molecule has 1 atom stereocenters. The van der Waals surface area contributed by atoms with Crippen LogP contribution in [0, 0.1) is 13.8 Å². The molecule has 1 aliphatic rings. The van der Waals surface area contributed by atoms with Gasteiger partial charge in [-0.05, 0) is 44.9 Å². The van der Waals surface area contributed by atoms with Crippen LogP contribution in [-0.2, 0) is 6.54 Å². The summed E-state index contributed by atoms with van der Waals surface area (Å²) in [4.78, 5) is 22.4. The van der Waals surface area contributed by atoms with Crippen LogP contribution in [0.2, 0.25) is 0 Å². The van der Waals surface area contributed by atoms with Crippen molar-refractivity contribution in [2.24, 2.45) is 0 Å². The Hall–Kier alpha value is -2.63. The van der Waals surface area contributed by atoms with Crippen LogP contribution in [0.15, 0.2) is 30.6 Å². The number of nitrogens with zero attached hydrogens (tertiary/aromatic N) is 4. The topological polar surface area (TPSA) is 66.8 Å². The molecular weight excluding hydrogens is 302 g/mol. The van der Waals surface area contributed by atoms with Gasteiger partial charge < -0.3 is 9.88 Å². The van der Waals surface area contributed by atoms with E-state index in [-0.39, 0.29) is 11.9 Å². The van der Waals surface area contributed by atoms with E-state index < -0.39 is 0 Å². The van der Waals surface area contributed by atoms with E-state index >= 15 is 0 Å². The van der Waals surface area contributed by atoms with Crippen molar-refractivity contribution in [3.05, 3.63) is 47.5 Å². The zero-order valence-electron chi connectivity index (χ0n) is 14.0. The molecule has 0 saturated carbocycles. The summed E-state index contributed by atoms with van der Waals surface area (Å²) in [5.74, 6) is 0.0817. The first-order valence-corrected chi connectivity index (χ1v) is 8.37. The molecule has 1 aliphatic heterocycles. The Morgan fingerprint density at radius 1 is 1.42 bits per heavy atom. The molecule has 0 bridgehead atoms. The zero-order valence-corrected chi connectivity index (χ0v) is 14.0. The minimum Gasteiger partial charge on any atom is -0.345 e. The van der Waals surface area contributed by atoms with E-state index in [4.69, 9.17) is 0 Å². The van der Waals surface area contributed by atoms with E-state index in [2.05, 4.69) is 28.1 Å². The van der Waals surface area contributed by atoms with Gasteiger partial charge in [-0.1, -0.05) is 0 Å². The predicted octanol–water partition coefficient (Wildman–Crippen LogP) is 2.68. The molecule has 4 rings (SSSR count). The van der Waals surface area contributed by atoms with Crippen molar-refractivity contribution in [3.8, 4) is 0 Å². The number of carbonyl (C=O) groups is 1. The first-order chi connectivity index (χ1) is 11.6. The van der Waals surface area contributed by atoms with Crippen molar-refractivity contribution in [2.75, 3.05) is 6.54 Å². The number of pyridine rings is 1. The van der Waals surface area contributed by atoms with E-state index in [1.807, 2.05) is 28.6 Å². The molecule has 1 fully saturated rings. The number of aromatic nitrogens is 4. The Morgan fingerprint density at radius 3 is 3.08 bits per heavy atom. The highest BCUT2D eigenvalue weighted by Crippen LogP contribution is 2.25. The quantitative estimate of drug-likeness (QED) is 0.806. The molecule has 0 aliphatic carbocycles.